The molecule has 0 N–H and O–H groups in total. The number of para-hydroxylation sites is 1. The van der Waals surface area contributed by atoms with Crippen molar-refractivity contribution in [2.75, 3.05) is 25.6 Å². The Morgan fingerprint density at radius 2 is 2.11 bits per heavy atom. The second-order valence-corrected chi connectivity index (χ2v) is 5.76. The highest BCUT2D eigenvalue weighted by molar-refractivity contribution is 8.00. The van der Waals surface area contributed by atoms with Crippen molar-refractivity contribution in [2.45, 2.75) is 25.0 Å². The molecule has 0 bridgehead atoms. The quantitative estimate of drug-likeness (QED) is 0.750. The molecular weight excluding hydrogens is 260 g/mol. The Bertz CT molecular complexity index is 414. The summed E-state index contributed by atoms with van der Waals surface area (Å²) in [4.78, 5) is 12.3. The van der Waals surface area contributed by atoms with Crippen molar-refractivity contribution in [3.05, 3.63) is 29.8 Å². The molecule has 104 valence electrons. The number of rotatable bonds is 6. The van der Waals surface area contributed by atoms with Gasteiger partial charge in [0.2, 0.25) is 0 Å². The number of ether oxygens (including phenoxy) is 2. The van der Waals surface area contributed by atoms with E-state index in [4.69, 9.17) is 9.47 Å². The SMILES string of the molecule is CCOc1ccccc1C(=O)CSC1CCOCC1. The Kier molecular flexibility index (Phi) is 5.73. The predicted molar refractivity (Wildman–Crippen MR) is 78.2 cm³/mol. The normalized spacial score (nSPS) is 16.3. The maximum absolute atomic E-state index is 12.3. The van der Waals surface area contributed by atoms with Crippen LogP contribution in [0.5, 0.6) is 5.75 Å². The van der Waals surface area contributed by atoms with Crippen molar-refractivity contribution in [3.63, 3.8) is 0 Å². The Morgan fingerprint density at radius 1 is 1.37 bits per heavy atom. The summed E-state index contributed by atoms with van der Waals surface area (Å²) >= 11 is 1.74. The third-order valence-electron chi connectivity index (χ3n) is 3.11. The van der Waals surface area contributed by atoms with E-state index in [1.54, 1.807) is 11.8 Å². The molecule has 1 fully saturated rings. The molecule has 1 aliphatic rings. The molecule has 1 saturated heterocycles. The minimum absolute atomic E-state index is 0.153. The van der Waals surface area contributed by atoms with E-state index >= 15 is 0 Å². The van der Waals surface area contributed by atoms with Gasteiger partial charge in [0.25, 0.3) is 0 Å². The van der Waals surface area contributed by atoms with Gasteiger partial charge in [-0.25, -0.2) is 0 Å². The van der Waals surface area contributed by atoms with E-state index in [-0.39, 0.29) is 5.78 Å². The molecule has 19 heavy (non-hydrogen) atoms. The van der Waals surface area contributed by atoms with Crippen molar-refractivity contribution in [1.82, 2.24) is 0 Å². The summed E-state index contributed by atoms with van der Waals surface area (Å²) in [7, 11) is 0. The highest BCUT2D eigenvalue weighted by atomic mass is 32.2. The van der Waals surface area contributed by atoms with Crippen LogP contribution in [0.4, 0.5) is 0 Å². The van der Waals surface area contributed by atoms with Gasteiger partial charge < -0.3 is 9.47 Å². The summed E-state index contributed by atoms with van der Waals surface area (Å²) in [5, 5.41) is 0.553. The maximum Gasteiger partial charge on any atom is 0.176 e. The third-order valence-corrected chi connectivity index (χ3v) is 4.48. The first-order valence-electron chi connectivity index (χ1n) is 6.75. The number of Topliss-reactive ketones (excluding diaryl/α,β-unsaturated/α-hetero) is 1. The van der Waals surface area contributed by atoms with Crippen molar-refractivity contribution in [2.24, 2.45) is 0 Å². The molecule has 0 aliphatic carbocycles. The maximum atomic E-state index is 12.3. The average Bonchev–Trinajstić information content (AvgIpc) is 2.47. The van der Waals surface area contributed by atoms with Gasteiger partial charge >= 0.3 is 0 Å². The van der Waals surface area contributed by atoms with Crippen LogP contribution < -0.4 is 4.74 Å². The second-order valence-electron chi connectivity index (χ2n) is 4.48. The van der Waals surface area contributed by atoms with Crippen molar-refractivity contribution in [3.8, 4) is 5.75 Å². The van der Waals surface area contributed by atoms with Gasteiger partial charge in [-0.2, -0.15) is 11.8 Å². The molecule has 0 radical (unpaired) electrons. The number of thioether (sulfide) groups is 1. The minimum Gasteiger partial charge on any atom is -0.493 e. The Labute approximate surface area is 118 Å². The van der Waals surface area contributed by atoms with Crippen molar-refractivity contribution < 1.29 is 14.3 Å². The molecule has 3 nitrogen and oxygen atoms in total. The van der Waals surface area contributed by atoms with E-state index < -0.39 is 0 Å². The first-order valence-corrected chi connectivity index (χ1v) is 7.80. The second kappa shape index (κ2) is 7.56. The highest BCUT2D eigenvalue weighted by Gasteiger charge is 2.18. The predicted octanol–water partition coefficient (Wildman–Crippen LogP) is 3.18. The number of benzene rings is 1. The van der Waals surface area contributed by atoms with Gasteiger partial charge in [-0.05, 0) is 31.9 Å². The van der Waals surface area contributed by atoms with Crippen LogP contribution in [0.1, 0.15) is 30.1 Å². The largest absolute Gasteiger partial charge is 0.493 e. The zero-order valence-electron chi connectivity index (χ0n) is 11.3. The van der Waals surface area contributed by atoms with Gasteiger partial charge in [0, 0.05) is 18.5 Å². The Morgan fingerprint density at radius 3 is 2.84 bits per heavy atom. The van der Waals surface area contributed by atoms with Gasteiger partial charge in [-0.3, -0.25) is 4.79 Å². The van der Waals surface area contributed by atoms with E-state index in [9.17, 15) is 4.79 Å². The number of carbonyl (C=O) groups is 1. The van der Waals surface area contributed by atoms with Crippen LogP contribution in [0.25, 0.3) is 0 Å². The van der Waals surface area contributed by atoms with Crippen LogP contribution in [0.3, 0.4) is 0 Å². The van der Waals surface area contributed by atoms with Gasteiger partial charge in [-0.15, -0.1) is 0 Å². The minimum atomic E-state index is 0.153. The Balaban J connectivity index is 1.91. The van der Waals surface area contributed by atoms with Crippen LogP contribution in [0.15, 0.2) is 24.3 Å². The van der Waals surface area contributed by atoms with E-state index in [2.05, 4.69) is 0 Å². The first-order chi connectivity index (χ1) is 9.31. The van der Waals surface area contributed by atoms with Crippen LogP contribution in [-0.4, -0.2) is 36.6 Å². The molecule has 1 heterocycles. The summed E-state index contributed by atoms with van der Waals surface area (Å²) in [6, 6.07) is 7.48. The topological polar surface area (TPSA) is 35.5 Å². The molecular formula is C15H20O3S. The van der Waals surface area contributed by atoms with Crippen molar-refractivity contribution in [1.29, 1.82) is 0 Å². The zero-order valence-corrected chi connectivity index (χ0v) is 12.1. The van der Waals surface area contributed by atoms with E-state index in [0.717, 1.165) is 26.1 Å². The number of carbonyl (C=O) groups excluding carboxylic acids is 1. The van der Waals surface area contributed by atoms with E-state index in [1.165, 1.54) is 0 Å². The van der Waals surface area contributed by atoms with Crippen LogP contribution >= 0.6 is 11.8 Å². The molecule has 0 atom stereocenters. The number of ketones is 1. The molecule has 4 heteroatoms. The molecule has 0 amide bonds. The van der Waals surface area contributed by atoms with Crippen LogP contribution in [0.2, 0.25) is 0 Å². The zero-order chi connectivity index (χ0) is 13.5. The lowest BCUT2D eigenvalue weighted by molar-refractivity contribution is 0.0987. The lowest BCUT2D eigenvalue weighted by Gasteiger charge is -2.21. The summed E-state index contributed by atoms with van der Waals surface area (Å²) in [6.45, 7) is 4.15. The monoisotopic (exact) mass is 280 g/mol. The third kappa shape index (κ3) is 4.25. The fraction of sp³-hybridized carbons (Fsp3) is 0.533. The molecule has 0 unspecified atom stereocenters. The molecule has 0 spiro atoms. The smallest absolute Gasteiger partial charge is 0.176 e. The van der Waals surface area contributed by atoms with Crippen molar-refractivity contribution >= 4 is 17.5 Å². The average molecular weight is 280 g/mol. The fourth-order valence-electron chi connectivity index (χ4n) is 2.09. The lowest BCUT2D eigenvalue weighted by Crippen LogP contribution is -2.19. The van der Waals surface area contributed by atoms with Gasteiger partial charge in [-0.1, -0.05) is 12.1 Å². The van der Waals surface area contributed by atoms with Gasteiger partial charge in [0.05, 0.1) is 17.9 Å². The van der Waals surface area contributed by atoms with Gasteiger partial charge in [0.1, 0.15) is 5.75 Å². The molecule has 0 aromatic heterocycles. The number of hydrogen-bond donors (Lipinski definition) is 0. The lowest BCUT2D eigenvalue weighted by atomic mass is 10.1. The van der Waals surface area contributed by atoms with Crippen LogP contribution in [-0.2, 0) is 4.74 Å². The standard InChI is InChI=1S/C15H20O3S/c1-2-18-15-6-4-3-5-13(15)14(16)11-19-12-7-9-17-10-8-12/h3-6,12H,2,7-11H2,1H3. The van der Waals surface area contributed by atoms with E-state index in [1.807, 2.05) is 31.2 Å². The molecule has 2 rings (SSSR count). The highest BCUT2D eigenvalue weighted by Crippen LogP contribution is 2.25. The molecule has 1 aromatic carbocycles. The number of hydrogen-bond acceptors (Lipinski definition) is 4. The molecule has 1 aromatic rings. The summed E-state index contributed by atoms with van der Waals surface area (Å²) in [6.07, 6.45) is 2.09. The summed E-state index contributed by atoms with van der Waals surface area (Å²) in [5.41, 5.74) is 0.698. The molecule has 0 saturated carbocycles. The van der Waals surface area contributed by atoms with Crippen LogP contribution in [0, 0.1) is 0 Å². The fourth-order valence-corrected chi connectivity index (χ4v) is 3.16. The molecule has 1 aliphatic heterocycles. The Hall–Kier alpha value is -1.00. The summed E-state index contributed by atoms with van der Waals surface area (Å²) < 4.78 is 10.8. The van der Waals surface area contributed by atoms with Gasteiger partial charge in [0.15, 0.2) is 5.78 Å². The first kappa shape index (κ1) is 14.4. The van der Waals surface area contributed by atoms with E-state index in [0.29, 0.717) is 28.9 Å². The summed E-state index contributed by atoms with van der Waals surface area (Å²) in [5.74, 6) is 1.37.